The maximum Gasteiger partial charge on any atom is 0.122 e. The molecule has 0 heterocycles. The predicted octanol–water partition coefficient (Wildman–Crippen LogP) is 4.69. The minimum atomic E-state index is -0.115. The molecule has 1 atom stereocenters. The third-order valence-corrected chi connectivity index (χ3v) is 3.85. The first-order valence-electron chi connectivity index (χ1n) is 7.27. The summed E-state index contributed by atoms with van der Waals surface area (Å²) < 4.78 is 5.84. The molecule has 0 aliphatic heterocycles. The second-order valence-electron chi connectivity index (χ2n) is 5.43. The molecule has 0 aliphatic rings. The molecule has 2 heteroatoms. The summed E-state index contributed by atoms with van der Waals surface area (Å²) in [6, 6.07) is 16.6. The van der Waals surface area contributed by atoms with Gasteiger partial charge in [0.05, 0.1) is 18.6 Å². The topological polar surface area (TPSA) is 33.0 Å². The van der Waals surface area contributed by atoms with Crippen molar-refractivity contribution in [3.05, 3.63) is 64.7 Å². The lowest BCUT2D eigenvalue weighted by atomic mass is 9.97. The monoisotopic (exact) mass is 279 g/mol. The van der Waals surface area contributed by atoms with Gasteiger partial charge in [0.2, 0.25) is 0 Å². The summed E-state index contributed by atoms with van der Waals surface area (Å²) in [7, 11) is 0. The zero-order chi connectivity index (χ0) is 15.2. The van der Waals surface area contributed by atoms with Crippen LogP contribution in [0, 0.1) is 32.1 Å². The van der Waals surface area contributed by atoms with Crippen molar-refractivity contribution in [2.75, 3.05) is 6.61 Å². The molecule has 0 fully saturated rings. The first-order chi connectivity index (χ1) is 10.1. The van der Waals surface area contributed by atoms with Crippen LogP contribution in [-0.2, 0) is 0 Å². The van der Waals surface area contributed by atoms with Crippen LogP contribution in [0.15, 0.2) is 42.5 Å². The van der Waals surface area contributed by atoms with E-state index in [1.54, 1.807) is 0 Å². The number of hydrogen-bond donors (Lipinski definition) is 0. The largest absolute Gasteiger partial charge is 0.493 e. The number of hydrogen-bond acceptors (Lipinski definition) is 2. The fourth-order valence-corrected chi connectivity index (χ4v) is 2.27. The molecule has 0 N–H and O–H groups in total. The number of ether oxygens (including phenoxy) is 1. The lowest BCUT2D eigenvalue weighted by Crippen LogP contribution is -2.05. The maximum absolute atomic E-state index is 9.34. The second kappa shape index (κ2) is 6.95. The van der Waals surface area contributed by atoms with Gasteiger partial charge in [-0.1, -0.05) is 42.0 Å². The van der Waals surface area contributed by atoms with Crippen LogP contribution < -0.4 is 4.74 Å². The standard InChI is InChI=1S/C19H21NO/c1-14-7-9-17(10-8-14)18(13-20)11-12-21-19-6-4-5-15(2)16(19)3/h4-10,18H,11-12H2,1-3H3. The van der Waals surface area contributed by atoms with E-state index < -0.39 is 0 Å². The van der Waals surface area contributed by atoms with E-state index in [4.69, 9.17) is 4.74 Å². The van der Waals surface area contributed by atoms with Crippen molar-refractivity contribution < 1.29 is 4.74 Å². The van der Waals surface area contributed by atoms with Crippen LogP contribution in [-0.4, -0.2) is 6.61 Å². The fourth-order valence-electron chi connectivity index (χ4n) is 2.27. The van der Waals surface area contributed by atoms with Crippen LogP contribution in [0.5, 0.6) is 5.75 Å². The van der Waals surface area contributed by atoms with E-state index >= 15 is 0 Å². The zero-order valence-electron chi connectivity index (χ0n) is 12.9. The number of nitriles is 1. The van der Waals surface area contributed by atoms with E-state index in [1.807, 2.05) is 36.4 Å². The van der Waals surface area contributed by atoms with Gasteiger partial charge in [-0.05, 0) is 43.5 Å². The van der Waals surface area contributed by atoms with Gasteiger partial charge in [0.25, 0.3) is 0 Å². The van der Waals surface area contributed by atoms with Crippen LogP contribution in [0.3, 0.4) is 0 Å². The Morgan fingerprint density at radius 3 is 2.43 bits per heavy atom. The number of nitrogens with zero attached hydrogens (tertiary/aromatic N) is 1. The highest BCUT2D eigenvalue weighted by Crippen LogP contribution is 2.23. The van der Waals surface area contributed by atoms with Gasteiger partial charge in [-0.25, -0.2) is 0 Å². The van der Waals surface area contributed by atoms with E-state index in [9.17, 15) is 5.26 Å². The molecule has 0 bridgehead atoms. The summed E-state index contributed by atoms with van der Waals surface area (Å²) in [5.74, 6) is 0.798. The van der Waals surface area contributed by atoms with Gasteiger partial charge in [-0.2, -0.15) is 5.26 Å². The molecule has 0 radical (unpaired) electrons. The second-order valence-corrected chi connectivity index (χ2v) is 5.43. The van der Waals surface area contributed by atoms with E-state index in [0.717, 1.165) is 11.3 Å². The molecule has 1 unspecified atom stereocenters. The highest BCUT2D eigenvalue weighted by molar-refractivity contribution is 5.38. The Balaban J connectivity index is 1.97. The van der Waals surface area contributed by atoms with Gasteiger partial charge in [0.1, 0.15) is 5.75 Å². The Morgan fingerprint density at radius 2 is 1.76 bits per heavy atom. The molecule has 0 saturated heterocycles. The van der Waals surface area contributed by atoms with Gasteiger partial charge < -0.3 is 4.74 Å². The van der Waals surface area contributed by atoms with Crippen molar-refractivity contribution in [1.29, 1.82) is 5.26 Å². The van der Waals surface area contributed by atoms with E-state index in [1.165, 1.54) is 16.7 Å². The number of aryl methyl sites for hydroxylation is 2. The van der Waals surface area contributed by atoms with Crippen molar-refractivity contribution >= 4 is 0 Å². The molecule has 0 aliphatic carbocycles. The van der Waals surface area contributed by atoms with Crippen LogP contribution in [0.4, 0.5) is 0 Å². The molecule has 0 aromatic heterocycles. The Morgan fingerprint density at radius 1 is 1.05 bits per heavy atom. The first-order valence-corrected chi connectivity index (χ1v) is 7.27. The lowest BCUT2D eigenvalue weighted by Gasteiger charge is -2.13. The summed E-state index contributed by atoms with van der Waals surface area (Å²) in [4.78, 5) is 0. The smallest absolute Gasteiger partial charge is 0.122 e. The van der Waals surface area contributed by atoms with E-state index in [2.05, 4.69) is 32.9 Å². The van der Waals surface area contributed by atoms with E-state index in [-0.39, 0.29) is 5.92 Å². The highest BCUT2D eigenvalue weighted by atomic mass is 16.5. The average Bonchev–Trinajstić information content (AvgIpc) is 2.49. The van der Waals surface area contributed by atoms with Crippen LogP contribution >= 0.6 is 0 Å². The van der Waals surface area contributed by atoms with Crippen molar-refractivity contribution in [3.8, 4) is 11.8 Å². The summed E-state index contributed by atoms with van der Waals surface area (Å²) in [5, 5.41) is 9.34. The SMILES string of the molecule is Cc1ccc(C(C#N)CCOc2cccc(C)c2C)cc1. The highest BCUT2D eigenvalue weighted by Gasteiger charge is 2.11. The van der Waals surface area contributed by atoms with Gasteiger partial charge in [0.15, 0.2) is 0 Å². The van der Waals surface area contributed by atoms with Gasteiger partial charge in [-0.3, -0.25) is 0 Å². The zero-order valence-corrected chi connectivity index (χ0v) is 12.9. The Hall–Kier alpha value is -2.27. The van der Waals surface area contributed by atoms with Crippen molar-refractivity contribution in [3.63, 3.8) is 0 Å². The molecule has 2 rings (SSSR count). The number of benzene rings is 2. The number of rotatable bonds is 5. The van der Waals surface area contributed by atoms with Crippen LogP contribution in [0.25, 0.3) is 0 Å². The third-order valence-electron chi connectivity index (χ3n) is 3.85. The van der Waals surface area contributed by atoms with Crippen LogP contribution in [0.1, 0.15) is 34.6 Å². The summed E-state index contributed by atoms with van der Waals surface area (Å²) in [6.45, 7) is 6.74. The van der Waals surface area contributed by atoms with Crippen LogP contribution in [0.2, 0.25) is 0 Å². The molecular formula is C19H21NO. The van der Waals surface area contributed by atoms with Crippen molar-refractivity contribution in [1.82, 2.24) is 0 Å². The normalized spacial score (nSPS) is 11.7. The van der Waals surface area contributed by atoms with Gasteiger partial charge in [0, 0.05) is 6.42 Å². The minimum absolute atomic E-state index is 0.115. The quantitative estimate of drug-likeness (QED) is 0.795. The molecule has 2 nitrogen and oxygen atoms in total. The van der Waals surface area contributed by atoms with Crippen molar-refractivity contribution in [2.24, 2.45) is 0 Å². The van der Waals surface area contributed by atoms with E-state index in [0.29, 0.717) is 13.0 Å². The lowest BCUT2D eigenvalue weighted by molar-refractivity contribution is 0.304. The molecule has 2 aromatic rings. The summed E-state index contributed by atoms with van der Waals surface area (Å²) in [6.07, 6.45) is 0.701. The average molecular weight is 279 g/mol. The Bertz CT molecular complexity index is 638. The Labute approximate surface area is 127 Å². The Kier molecular flexibility index (Phi) is 5.00. The first kappa shape index (κ1) is 15.1. The fraction of sp³-hybridized carbons (Fsp3) is 0.316. The van der Waals surface area contributed by atoms with Crippen molar-refractivity contribution in [2.45, 2.75) is 33.1 Å². The molecular weight excluding hydrogens is 258 g/mol. The molecule has 2 aromatic carbocycles. The molecule has 0 spiro atoms. The molecule has 21 heavy (non-hydrogen) atoms. The molecule has 0 amide bonds. The third kappa shape index (κ3) is 3.86. The molecule has 0 saturated carbocycles. The maximum atomic E-state index is 9.34. The predicted molar refractivity (Wildman–Crippen MR) is 85.6 cm³/mol. The summed E-state index contributed by atoms with van der Waals surface area (Å²) >= 11 is 0. The van der Waals surface area contributed by atoms with Gasteiger partial charge in [-0.15, -0.1) is 0 Å². The minimum Gasteiger partial charge on any atom is -0.493 e. The summed E-state index contributed by atoms with van der Waals surface area (Å²) in [5.41, 5.74) is 4.67. The molecule has 108 valence electrons. The van der Waals surface area contributed by atoms with Gasteiger partial charge >= 0.3 is 0 Å².